The van der Waals surface area contributed by atoms with E-state index in [0.29, 0.717) is 19.3 Å². The molecule has 0 aromatic rings. The molecule has 0 saturated heterocycles. The van der Waals surface area contributed by atoms with Crippen LogP contribution in [0.2, 0.25) is 0 Å². The van der Waals surface area contributed by atoms with Crippen molar-refractivity contribution < 1.29 is 75.8 Å². The third kappa shape index (κ3) is 63.6. The van der Waals surface area contributed by atoms with Crippen LogP contribution in [0, 0.1) is 0 Å². The van der Waals surface area contributed by atoms with E-state index in [9.17, 15) is 43.5 Å². The van der Waals surface area contributed by atoms with Gasteiger partial charge < -0.3 is 34.2 Å². The molecule has 4 N–H and O–H groups in total. The zero-order valence-electron chi connectivity index (χ0n) is 53.9. The Morgan fingerprint density at radius 1 is 0.333 bits per heavy atom. The first-order valence-electron chi connectivity index (χ1n) is 33.2. The van der Waals surface area contributed by atoms with E-state index in [2.05, 4.69) is 130 Å². The Labute approximate surface area is 526 Å². The zero-order valence-corrected chi connectivity index (χ0v) is 55.7. The van der Waals surface area contributed by atoms with E-state index in [1.807, 2.05) is 0 Å². The standard InChI is InChI=1S/C69H118O16P2/c1-4-7-10-13-16-19-22-25-27-28-29-30-31-32-33-34-36-39-40-43-46-49-52-55-67(72)79-58-64(70)59-81-86(75,76)82-60-65(71)61-83-87(77,78)84-63-66(85-69(74)57-54-51-48-45-42-37-24-21-18-15-12-9-6-3)62-80-68(73)56-53-50-47-44-41-38-35-26-23-20-17-14-11-8-5-2/h7-8,10-11,16-17,19-20,25-27,29-30,32-33,35-36,39,64-66,70-71H,4-6,9,12-15,18,21-24,28,31,34,37-38,40-63H2,1-3H3,(H,75,76)(H,77,78)/b10-7-,11-8-,19-16-,20-17-,27-25-,30-29-,33-32-,35-26-,39-36-. The van der Waals surface area contributed by atoms with Crippen LogP contribution in [0.4, 0.5) is 0 Å². The number of ether oxygens (including phenoxy) is 3. The molecule has 0 aliphatic rings. The van der Waals surface area contributed by atoms with Crippen molar-refractivity contribution in [3.63, 3.8) is 0 Å². The SMILES string of the molecule is CC/C=C\C/C=C\C/C=C\C/C=C\C/C=C\C/C=C\CCCCCCC(=O)OCC(O)COP(=O)(O)OCC(O)COP(=O)(O)OCC(COC(=O)CCCCCCC/C=C\C/C=C\C/C=C\CC)OC(=O)CCCCCCCCCCCCCCC. The van der Waals surface area contributed by atoms with Gasteiger partial charge in [-0.05, 0) is 103 Å². The van der Waals surface area contributed by atoms with Gasteiger partial charge >= 0.3 is 33.6 Å². The summed E-state index contributed by atoms with van der Waals surface area (Å²) in [6, 6.07) is 0. The Hall–Kier alpha value is -3.79. The van der Waals surface area contributed by atoms with Crippen molar-refractivity contribution in [3.8, 4) is 0 Å². The Balaban J connectivity index is 4.62. The van der Waals surface area contributed by atoms with Crippen molar-refractivity contribution in [2.75, 3.05) is 39.6 Å². The molecule has 0 spiro atoms. The molecule has 0 amide bonds. The summed E-state index contributed by atoms with van der Waals surface area (Å²) in [6.45, 7) is 2.38. The molecule has 0 radical (unpaired) electrons. The van der Waals surface area contributed by atoms with E-state index in [4.69, 9.17) is 32.3 Å². The van der Waals surface area contributed by atoms with Gasteiger partial charge in [-0.25, -0.2) is 9.13 Å². The first kappa shape index (κ1) is 83.2. The van der Waals surface area contributed by atoms with Gasteiger partial charge in [-0.3, -0.25) is 32.5 Å². The highest BCUT2D eigenvalue weighted by Gasteiger charge is 2.29. The van der Waals surface area contributed by atoms with Crippen molar-refractivity contribution >= 4 is 33.6 Å². The fourth-order valence-electron chi connectivity index (χ4n) is 8.47. The molecule has 0 aromatic carbocycles. The predicted molar refractivity (Wildman–Crippen MR) is 353 cm³/mol. The van der Waals surface area contributed by atoms with Crippen molar-refractivity contribution in [3.05, 3.63) is 109 Å². The van der Waals surface area contributed by atoms with Crippen LogP contribution in [-0.4, -0.2) is 95.9 Å². The van der Waals surface area contributed by atoms with Gasteiger partial charge in [-0.1, -0.05) is 239 Å². The van der Waals surface area contributed by atoms with Crippen LogP contribution in [0.5, 0.6) is 0 Å². The quantitative estimate of drug-likeness (QED) is 0.0146. The summed E-state index contributed by atoms with van der Waals surface area (Å²) >= 11 is 0. The maximum atomic E-state index is 12.9. The van der Waals surface area contributed by atoms with Gasteiger partial charge in [0.25, 0.3) is 0 Å². The van der Waals surface area contributed by atoms with Crippen LogP contribution in [0.25, 0.3) is 0 Å². The summed E-state index contributed by atoms with van der Waals surface area (Å²) in [4.78, 5) is 58.3. The molecule has 0 aliphatic heterocycles. The number of hydrogen-bond donors (Lipinski definition) is 4. The van der Waals surface area contributed by atoms with E-state index < -0.39 is 91.5 Å². The summed E-state index contributed by atoms with van der Waals surface area (Å²) in [5, 5.41) is 20.5. The summed E-state index contributed by atoms with van der Waals surface area (Å²) in [6.07, 6.45) is 68.6. The highest BCUT2D eigenvalue weighted by atomic mass is 31.2. The second kappa shape index (κ2) is 62.4. The lowest BCUT2D eigenvalue weighted by Crippen LogP contribution is -2.30. The van der Waals surface area contributed by atoms with Crippen molar-refractivity contribution in [2.24, 2.45) is 0 Å². The maximum absolute atomic E-state index is 12.9. The van der Waals surface area contributed by atoms with Gasteiger partial charge in [-0.2, -0.15) is 0 Å². The number of allylic oxidation sites excluding steroid dienone is 18. The number of aliphatic hydroxyl groups excluding tert-OH is 2. The van der Waals surface area contributed by atoms with Gasteiger partial charge in [0, 0.05) is 19.3 Å². The summed E-state index contributed by atoms with van der Waals surface area (Å²) in [7, 11) is -9.78. The number of phosphoric acid groups is 2. The van der Waals surface area contributed by atoms with E-state index in [1.54, 1.807) is 0 Å². The van der Waals surface area contributed by atoms with Crippen LogP contribution >= 0.6 is 15.6 Å². The lowest BCUT2D eigenvalue weighted by molar-refractivity contribution is -0.161. The number of hydrogen-bond acceptors (Lipinski definition) is 14. The molecule has 0 saturated carbocycles. The molecule has 5 atom stereocenters. The molecule has 5 unspecified atom stereocenters. The summed E-state index contributed by atoms with van der Waals surface area (Å²) in [5.41, 5.74) is 0. The topological polar surface area (TPSA) is 231 Å². The van der Waals surface area contributed by atoms with Crippen LogP contribution in [0.3, 0.4) is 0 Å². The van der Waals surface area contributed by atoms with Crippen LogP contribution in [0.1, 0.15) is 252 Å². The maximum Gasteiger partial charge on any atom is 0.472 e. The molecular formula is C69H118O16P2. The first-order chi connectivity index (χ1) is 42.2. The Morgan fingerprint density at radius 2 is 0.609 bits per heavy atom. The normalized spacial score (nSPS) is 15.0. The third-order valence-corrected chi connectivity index (χ3v) is 15.4. The van der Waals surface area contributed by atoms with Gasteiger partial charge in [0.2, 0.25) is 0 Å². The smallest absolute Gasteiger partial charge is 0.463 e. The fraction of sp³-hybridized carbons (Fsp3) is 0.696. The van der Waals surface area contributed by atoms with Gasteiger partial charge in [-0.15, -0.1) is 0 Å². The molecule has 500 valence electrons. The monoisotopic (exact) mass is 1260 g/mol. The number of rotatable bonds is 62. The Morgan fingerprint density at radius 3 is 0.966 bits per heavy atom. The summed E-state index contributed by atoms with van der Waals surface area (Å²) < 4.78 is 60.8. The summed E-state index contributed by atoms with van der Waals surface area (Å²) in [5.74, 6) is -1.62. The largest absolute Gasteiger partial charge is 0.472 e. The molecule has 0 aliphatic carbocycles. The number of unbranched alkanes of at least 4 members (excludes halogenated alkanes) is 21. The zero-order chi connectivity index (χ0) is 63.8. The Bertz CT molecular complexity index is 2030. The number of aliphatic hydroxyl groups is 2. The van der Waals surface area contributed by atoms with E-state index in [-0.39, 0.29) is 19.3 Å². The van der Waals surface area contributed by atoms with Crippen LogP contribution in [-0.2, 0) is 55.8 Å². The van der Waals surface area contributed by atoms with E-state index >= 15 is 0 Å². The lowest BCUT2D eigenvalue weighted by Gasteiger charge is -2.21. The first-order valence-corrected chi connectivity index (χ1v) is 36.2. The van der Waals surface area contributed by atoms with Crippen molar-refractivity contribution in [2.45, 2.75) is 270 Å². The number of carbonyl (C=O) groups excluding carboxylic acids is 3. The van der Waals surface area contributed by atoms with E-state index in [1.165, 1.54) is 51.4 Å². The second-order valence-electron chi connectivity index (χ2n) is 21.9. The average Bonchev–Trinajstić information content (AvgIpc) is 3.63. The van der Waals surface area contributed by atoms with Crippen molar-refractivity contribution in [1.82, 2.24) is 0 Å². The number of esters is 3. The average molecular weight is 1270 g/mol. The fourth-order valence-corrected chi connectivity index (χ4v) is 10.1. The highest BCUT2D eigenvalue weighted by Crippen LogP contribution is 2.45. The molecule has 0 fully saturated rings. The minimum atomic E-state index is -4.92. The minimum absolute atomic E-state index is 0.102. The number of phosphoric ester groups is 2. The van der Waals surface area contributed by atoms with Crippen molar-refractivity contribution in [1.29, 1.82) is 0 Å². The van der Waals surface area contributed by atoms with Gasteiger partial charge in [0.15, 0.2) is 6.10 Å². The number of carbonyl (C=O) groups is 3. The molecule has 0 rings (SSSR count). The molecule has 0 bridgehead atoms. The van der Waals surface area contributed by atoms with Crippen LogP contribution in [0.15, 0.2) is 109 Å². The molecule has 18 heteroatoms. The van der Waals surface area contributed by atoms with E-state index in [0.717, 1.165) is 141 Å². The minimum Gasteiger partial charge on any atom is -0.463 e. The molecule has 16 nitrogen and oxygen atoms in total. The highest BCUT2D eigenvalue weighted by molar-refractivity contribution is 7.47. The van der Waals surface area contributed by atoms with Gasteiger partial charge in [0.05, 0.1) is 26.4 Å². The molecule has 87 heavy (non-hydrogen) atoms. The molecule has 0 heterocycles. The molecular weight excluding hydrogens is 1150 g/mol. The van der Waals surface area contributed by atoms with Gasteiger partial charge in [0.1, 0.15) is 25.4 Å². The molecule has 0 aromatic heterocycles. The third-order valence-electron chi connectivity index (χ3n) is 13.5. The predicted octanol–water partition coefficient (Wildman–Crippen LogP) is 18.1. The lowest BCUT2D eigenvalue weighted by atomic mass is 10.0. The second-order valence-corrected chi connectivity index (χ2v) is 24.8. The Kier molecular flexibility index (Phi) is 59.7. The van der Waals surface area contributed by atoms with Crippen LogP contribution < -0.4 is 0 Å².